The van der Waals surface area contributed by atoms with E-state index in [-0.39, 0.29) is 28.5 Å². The lowest BCUT2D eigenvalue weighted by Gasteiger charge is -2.65. The van der Waals surface area contributed by atoms with Crippen LogP contribution < -0.4 is 0 Å². The van der Waals surface area contributed by atoms with Gasteiger partial charge >= 0.3 is 0 Å². The molecule has 4 fully saturated rings. The second-order valence-electron chi connectivity index (χ2n) is 9.89. The molecule has 0 heterocycles. The molecule has 4 aliphatic rings. The van der Waals surface area contributed by atoms with Crippen molar-refractivity contribution < 1.29 is 10.2 Å². The fraction of sp³-hybridized carbons (Fsp3) is 0.900. The van der Waals surface area contributed by atoms with E-state index < -0.39 is 0 Å². The molecule has 0 aromatic rings. The van der Waals surface area contributed by atoms with Gasteiger partial charge in [0.25, 0.3) is 0 Å². The molecular formula is C20H32O2. The predicted molar refractivity (Wildman–Crippen MR) is 88.3 cm³/mol. The highest BCUT2D eigenvalue weighted by molar-refractivity contribution is 5.27. The second kappa shape index (κ2) is 4.39. The van der Waals surface area contributed by atoms with E-state index in [1.54, 1.807) is 0 Å². The summed E-state index contributed by atoms with van der Waals surface area (Å²) in [5.74, 6) is 1.78. The summed E-state index contributed by atoms with van der Waals surface area (Å²) in [6.45, 7) is 11.4. The summed E-state index contributed by atoms with van der Waals surface area (Å²) >= 11 is 0. The maximum atomic E-state index is 11.0. The van der Waals surface area contributed by atoms with Crippen molar-refractivity contribution in [1.82, 2.24) is 0 Å². The Kier molecular flexibility index (Phi) is 3.03. The Bertz CT molecular complexity index is 510. The van der Waals surface area contributed by atoms with Gasteiger partial charge < -0.3 is 10.2 Å². The topological polar surface area (TPSA) is 40.5 Å². The summed E-state index contributed by atoms with van der Waals surface area (Å²) < 4.78 is 0. The Hall–Kier alpha value is -0.340. The van der Waals surface area contributed by atoms with Crippen molar-refractivity contribution in [3.05, 3.63) is 12.2 Å². The summed E-state index contributed by atoms with van der Waals surface area (Å²) in [5, 5.41) is 21.5. The zero-order valence-corrected chi connectivity index (χ0v) is 14.4. The van der Waals surface area contributed by atoms with Gasteiger partial charge in [0.2, 0.25) is 0 Å². The van der Waals surface area contributed by atoms with E-state index in [1.807, 2.05) is 0 Å². The lowest BCUT2D eigenvalue weighted by Crippen LogP contribution is -2.60. The molecular weight excluding hydrogens is 272 g/mol. The Morgan fingerprint density at radius 2 is 1.68 bits per heavy atom. The maximum absolute atomic E-state index is 11.0. The monoisotopic (exact) mass is 304 g/mol. The summed E-state index contributed by atoms with van der Waals surface area (Å²) in [7, 11) is 0. The zero-order chi connectivity index (χ0) is 15.9. The molecule has 2 bridgehead atoms. The van der Waals surface area contributed by atoms with E-state index in [9.17, 15) is 10.2 Å². The highest BCUT2D eigenvalue weighted by Crippen LogP contribution is 2.71. The molecule has 0 amide bonds. The number of aliphatic hydroxyl groups excluding tert-OH is 2. The summed E-state index contributed by atoms with van der Waals surface area (Å²) in [4.78, 5) is 0. The smallest absolute Gasteiger partial charge is 0.0809 e. The molecule has 2 N–H and O–H groups in total. The van der Waals surface area contributed by atoms with Crippen LogP contribution in [0.4, 0.5) is 0 Å². The molecule has 0 aromatic carbocycles. The molecule has 1 spiro atoms. The summed E-state index contributed by atoms with van der Waals surface area (Å²) in [6, 6.07) is 0. The Morgan fingerprint density at radius 3 is 2.41 bits per heavy atom. The van der Waals surface area contributed by atoms with Crippen molar-refractivity contribution in [3.8, 4) is 0 Å². The minimum Gasteiger partial charge on any atom is -0.393 e. The molecule has 4 aliphatic carbocycles. The quantitative estimate of drug-likeness (QED) is 0.666. The third-order valence-corrected chi connectivity index (χ3v) is 8.42. The van der Waals surface area contributed by atoms with Crippen molar-refractivity contribution in [2.24, 2.45) is 34.0 Å². The number of hydrogen-bond donors (Lipinski definition) is 2. The van der Waals surface area contributed by atoms with Gasteiger partial charge in [-0.25, -0.2) is 0 Å². The first kappa shape index (κ1) is 15.2. The molecule has 0 radical (unpaired) electrons. The number of rotatable bonds is 0. The van der Waals surface area contributed by atoms with Crippen LogP contribution in [0.1, 0.15) is 65.7 Å². The second-order valence-corrected chi connectivity index (χ2v) is 9.89. The van der Waals surface area contributed by atoms with Crippen molar-refractivity contribution in [1.29, 1.82) is 0 Å². The highest BCUT2D eigenvalue weighted by atomic mass is 16.3. The van der Waals surface area contributed by atoms with E-state index >= 15 is 0 Å². The van der Waals surface area contributed by atoms with Gasteiger partial charge in [-0.1, -0.05) is 27.4 Å². The van der Waals surface area contributed by atoms with E-state index in [4.69, 9.17) is 0 Å². The Labute approximate surface area is 135 Å². The van der Waals surface area contributed by atoms with E-state index in [0.717, 1.165) is 31.3 Å². The van der Waals surface area contributed by atoms with Gasteiger partial charge in [-0.15, -0.1) is 0 Å². The first-order valence-corrected chi connectivity index (χ1v) is 9.25. The van der Waals surface area contributed by atoms with Crippen LogP contribution in [-0.2, 0) is 0 Å². The van der Waals surface area contributed by atoms with E-state index in [2.05, 4.69) is 27.4 Å². The third-order valence-electron chi connectivity index (χ3n) is 8.42. The summed E-state index contributed by atoms with van der Waals surface area (Å²) in [5.41, 5.74) is 1.57. The molecule has 124 valence electrons. The van der Waals surface area contributed by atoms with Crippen molar-refractivity contribution in [3.63, 3.8) is 0 Å². The average molecular weight is 304 g/mol. The molecule has 4 saturated carbocycles. The molecule has 0 aromatic heterocycles. The molecule has 2 nitrogen and oxygen atoms in total. The zero-order valence-electron chi connectivity index (χ0n) is 14.4. The molecule has 0 saturated heterocycles. The first-order chi connectivity index (χ1) is 10.2. The van der Waals surface area contributed by atoms with Gasteiger partial charge in [0.1, 0.15) is 0 Å². The fourth-order valence-corrected chi connectivity index (χ4v) is 7.85. The van der Waals surface area contributed by atoms with Gasteiger partial charge in [0.05, 0.1) is 12.2 Å². The molecule has 22 heavy (non-hydrogen) atoms. The SMILES string of the molecule is C=C1[C@@H]2CCC3[C@]4(C)C[C@@H](O)CC(C)(C)C4CC[C@]3(C2)[C@@H]1O. The van der Waals surface area contributed by atoms with Crippen LogP contribution in [0.3, 0.4) is 0 Å². The standard InChI is InChI=1S/C20H32O2/c1-12-13-5-6-16-19(4)11-14(21)10-18(2,3)15(19)7-8-20(16,9-13)17(12)22/h13-17,21-22H,1,5-11H2,2-4H3/t13-,14+,15?,16?,17-,19-,20-/m1/s1. The fourth-order valence-electron chi connectivity index (χ4n) is 7.85. The highest BCUT2D eigenvalue weighted by Gasteiger charge is 2.66. The largest absolute Gasteiger partial charge is 0.393 e. The lowest BCUT2D eigenvalue weighted by molar-refractivity contribution is -0.188. The minimum absolute atomic E-state index is 0.0678. The predicted octanol–water partition coefficient (Wildman–Crippen LogP) is 3.92. The van der Waals surface area contributed by atoms with E-state index in [1.165, 1.54) is 19.3 Å². The van der Waals surface area contributed by atoms with Gasteiger partial charge in [-0.3, -0.25) is 0 Å². The van der Waals surface area contributed by atoms with Crippen LogP contribution in [0.2, 0.25) is 0 Å². The van der Waals surface area contributed by atoms with Crippen LogP contribution in [0.5, 0.6) is 0 Å². The van der Waals surface area contributed by atoms with Crippen LogP contribution in [0.25, 0.3) is 0 Å². The van der Waals surface area contributed by atoms with Gasteiger partial charge in [-0.2, -0.15) is 0 Å². The van der Waals surface area contributed by atoms with Crippen molar-refractivity contribution >= 4 is 0 Å². The van der Waals surface area contributed by atoms with Crippen LogP contribution in [-0.4, -0.2) is 22.4 Å². The maximum Gasteiger partial charge on any atom is 0.0809 e. The van der Waals surface area contributed by atoms with Gasteiger partial charge in [0.15, 0.2) is 0 Å². The Balaban J connectivity index is 1.78. The molecule has 0 aliphatic heterocycles. The number of fused-ring (bicyclic) bond motifs is 3. The van der Waals surface area contributed by atoms with Gasteiger partial charge in [0, 0.05) is 5.41 Å². The molecule has 7 atom stereocenters. The first-order valence-electron chi connectivity index (χ1n) is 9.25. The van der Waals surface area contributed by atoms with Crippen LogP contribution in [0.15, 0.2) is 12.2 Å². The van der Waals surface area contributed by atoms with E-state index in [0.29, 0.717) is 17.8 Å². The minimum atomic E-state index is -0.301. The summed E-state index contributed by atoms with van der Waals surface area (Å²) in [6.07, 6.45) is 7.32. The molecule has 2 heteroatoms. The average Bonchev–Trinajstić information content (AvgIpc) is 2.58. The Morgan fingerprint density at radius 1 is 0.955 bits per heavy atom. The van der Waals surface area contributed by atoms with Crippen molar-refractivity contribution in [2.45, 2.75) is 77.9 Å². The van der Waals surface area contributed by atoms with Crippen LogP contribution in [0, 0.1) is 34.0 Å². The molecule has 4 rings (SSSR count). The van der Waals surface area contributed by atoms with Crippen molar-refractivity contribution in [2.75, 3.05) is 0 Å². The molecule has 2 unspecified atom stereocenters. The van der Waals surface area contributed by atoms with Crippen LogP contribution >= 0.6 is 0 Å². The third kappa shape index (κ3) is 1.69. The number of hydrogen-bond acceptors (Lipinski definition) is 2. The van der Waals surface area contributed by atoms with Gasteiger partial charge in [-0.05, 0) is 79.1 Å². The number of aliphatic hydroxyl groups is 2. The lowest BCUT2D eigenvalue weighted by atomic mass is 9.40. The normalized spacial score (nSPS) is 56.4.